The largest absolute Gasteiger partial charge is 0.480 e. The molecule has 3 heterocycles. The molecule has 0 radical (unpaired) electrons. The lowest BCUT2D eigenvalue weighted by atomic mass is 10.1. The summed E-state index contributed by atoms with van der Waals surface area (Å²) in [5.41, 5.74) is -1.87. The fourth-order valence-electron chi connectivity index (χ4n) is 3.08. The number of carbonyl (C=O) groups is 2. The summed E-state index contributed by atoms with van der Waals surface area (Å²) in [7, 11) is 0. The van der Waals surface area contributed by atoms with Gasteiger partial charge in [-0.2, -0.15) is 0 Å². The molecule has 2 aromatic heterocycles. The van der Waals surface area contributed by atoms with Gasteiger partial charge >= 0.3 is 12.0 Å². The van der Waals surface area contributed by atoms with Crippen LogP contribution in [0.5, 0.6) is 0 Å². The van der Waals surface area contributed by atoms with Crippen LogP contribution in [-0.2, 0) is 15.3 Å². The quantitative estimate of drug-likeness (QED) is 0.176. The number of nitrogens with zero attached hydrogens (tertiary/aromatic N) is 4. The van der Waals surface area contributed by atoms with Gasteiger partial charge in [-0.05, 0) is 13.2 Å². The van der Waals surface area contributed by atoms with E-state index in [1.807, 2.05) is 0 Å². The zero-order valence-corrected chi connectivity index (χ0v) is 17.3. The van der Waals surface area contributed by atoms with Gasteiger partial charge in [0.15, 0.2) is 33.9 Å². The summed E-state index contributed by atoms with van der Waals surface area (Å²) in [5.74, 6) is -1.51. The minimum atomic E-state index is -1.98. The van der Waals surface area contributed by atoms with Crippen LogP contribution in [0.25, 0.3) is 11.2 Å². The third-order valence-electron chi connectivity index (χ3n) is 4.76. The van der Waals surface area contributed by atoms with Crippen molar-refractivity contribution in [2.45, 2.75) is 42.2 Å². The first-order valence-corrected chi connectivity index (χ1v) is 10.3. The fourth-order valence-corrected chi connectivity index (χ4v) is 3.44. The molecule has 1 fully saturated rings. The van der Waals surface area contributed by atoms with Gasteiger partial charge in [0, 0.05) is 0 Å². The highest BCUT2D eigenvalue weighted by Crippen LogP contribution is 2.33. The fraction of sp³-hybridized carbons (Fsp3) is 0.562. The predicted octanol–water partition coefficient (Wildman–Crippen LogP) is -2.10. The number of anilines is 1. The Morgan fingerprint density at radius 3 is 2.71 bits per heavy atom. The van der Waals surface area contributed by atoms with Crippen molar-refractivity contribution < 1.29 is 39.9 Å². The molecule has 2 aromatic rings. The summed E-state index contributed by atoms with van der Waals surface area (Å²) in [6.45, 7) is 0.355. The average molecular weight is 458 g/mol. The number of aliphatic hydroxyl groups excluding tert-OH is 3. The molecule has 31 heavy (non-hydrogen) atoms. The number of aromatic nitrogens is 4. The Morgan fingerprint density at radius 2 is 2.16 bits per heavy atom. The number of fused-ring (bicyclic) bond motifs is 1. The molecule has 7 N–H and O–H groups in total. The van der Waals surface area contributed by atoms with E-state index in [1.54, 1.807) is 6.26 Å². The Hall–Kier alpha value is -2.56. The lowest BCUT2D eigenvalue weighted by molar-refractivity contribution is -0.141. The third kappa shape index (κ3) is 4.28. The second-order valence-electron chi connectivity index (χ2n) is 6.86. The molecule has 1 aliphatic heterocycles. The zero-order chi connectivity index (χ0) is 22.9. The number of rotatable bonds is 7. The highest BCUT2D eigenvalue weighted by atomic mass is 32.2. The second-order valence-corrected chi connectivity index (χ2v) is 7.63. The number of hydrogen-bond acceptors (Lipinski definition) is 11. The SMILES string of the molecule is CSc1nc(NC(=O)N[C@H](C(=O)O)[C@@H](C)O)c2ncn([C@@]3(O)CO[C@H](CO)[C@H]3O)c2n1. The van der Waals surface area contributed by atoms with E-state index in [1.165, 1.54) is 13.3 Å². The van der Waals surface area contributed by atoms with Crippen LogP contribution in [0.2, 0.25) is 0 Å². The molecule has 5 atom stereocenters. The average Bonchev–Trinajstić information content (AvgIpc) is 3.27. The van der Waals surface area contributed by atoms with Crippen LogP contribution in [0.3, 0.4) is 0 Å². The van der Waals surface area contributed by atoms with E-state index in [0.29, 0.717) is 0 Å². The number of imidazole rings is 1. The van der Waals surface area contributed by atoms with Gasteiger partial charge in [-0.1, -0.05) is 11.8 Å². The maximum atomic E-state index is 12.3. The number of hydrogen-bond donors (Lipinski definition) is 7. The summed E-state index contributed by atoms with van der Waals surface area (Å²) < 4.78 is 6.39. The molecule has 0 aromatic carbocycles. The summed E-state index contributed by atoms with van der Waals surface area (Å²) in [6, 6.07) is -2.52. The van der Waals surface area contributed by atoms with Crippen molar-refractivity contribution in [3.05, 3.63) is 6.33 Å². The molecule has 0 bridgehead atoms. The molecule has 15 heteroatoms. The molecule has 170 valence electrons. The van der Waals surface area contributed by atoms with Crippen LogP contribution in [0.4, 0.5) is 10.6 Å². The molecule has 1 aliphatic rings. The molecule has 0 spiro atoms. The lowest BCUT2D eigenvalue weighted by Gasteiger charge is -2.27. The maximum absolute atomic E-state index is 12.3. The van der Waals surface area contributed by atoms with Crippen molar-refractivity contribution in [1.82, 2.24) is 24.8 Å². The van der Waals surface area contributed by atoms with Gasteiger partial charge in [-0.3, -0.25) is 9.88 Å². The predicted molar refractivity (Wildman–Crippen MR) is 105 cm³/mol. The van der Waals surface area contributed by atoms with Crippen molar-refractivity contribution in [2.75, 3.05) is 24.8 Å². The van der Waals surface area contributed by atoms with E-state index in [4.69, 9.17) is 9.84 Å². The van der Waals surface area contributed by atoms with Gasteiger partial charge in [0.05, 0.1) is 25.6 Å². The summed E-state index contributed by atoms with van der Waals surface area (Å²) in [5, 5.41) is 54.0. The minimum absolute atomic E-state index is 0.0462. The molecule has 3 rings (SSSR count). The number of carbonyl (C=O) groups excluding carboxylic acids is 1. The Balaban J connectivity index is 1.97. The summed E-state index contributed by atoms with van der Waals surface area (Å²) >= 11 is 1.12. The van der Waals surface area contributed by atoms with Gasteiger partial charge in [-0.25, -0.2) is 24.5 Å². The highest BCUT2D eigenvalue weighted by molar-refractivity contribution is 7.98. The van der Waals surface area contributed by atoms with Crippen molar-refractivity contribution >= 4 is 40.7 Å². The lowest BCUT2D eigenvalue weighted by Crippen LogP contribution is -2.49. The first kappa shape index (κ1) is 23.1. The van der Waals surface area contributed by atoms with Crippen molar-refractivity contribution in [1.29, 1.82) is 0 Å². The number of aliphatic hydroxyl groups is 4. The Kier molecular flexibility index (Phi) is 6.63. The minimum Gasteiger partial charge on any atom is -0.480 e. The van der Waals surface area contributed by atoms with Gasteiger partial charge in [-0.15, -0.1) is 0 Å². The molecule has 14 nitrogen and oxygen atoms in total. The van der Waals surface area contributed by atoms with Crippen LogP contribution in [0, 0.1) is 0 Å². The second kappa shape index (κ2) is 8.89. The molecular formula is C16H22N6O8S. The van der Waals surface area contributed by atoms with E-state index in [9.17, 15) is 30.0 Å². The smallest absolute Gasteiger partial charge is 0.328 e. The summed E-state index contributed by atoms with van der Waals surface area (Å²) in [6.07, 6.45) is -1.00. The monoisotopic (exact) mass is 458 g/mol. The molecule has 0 aliphatic carbocycles. The van der Waals surface area contributed by atoms with Crippen LogP contribution in [0.15, 0.2) is 11.5 Å². The standard InChI is InChI=1S/C16H22N6O8S/c1-6(24)8(13(26)27)18-14(28)19-11-9-12(21-15(20-11)31-2)22(5-17-9)16(29)4-30-7(3-23)10(16)25/h5-8,10,23-25,29H,3-4H2,1-2H3,(H,26,27)(H2,18,19,20,21,28)/t6-,7-,8+,10-,16-/m1/s1. The van der Waals surface area contributed by atoms with E-state index >= 15 is 0 Å². The van der Waals surface area contributed by atoms with E-state index < -0.39 is 48.7 Å². The normalized spacial score (nSPS) is 25.4. The third-order valence-corrected chi connectivity index (χ3v) is 5.31. The first-order chi connectivity index (χ1) is 14.6. The van der Waals surface area contributed by atoms with Gasteiger partial charge in [0.1, 0.15) is 12.2 Å². The first-order valence-electron chi connectivity index (χ1n) is 9.03. The number of urea groups is 1. The van der Waals surface area contributed by atoms with Crippen molar-refractivity contribution in [3.63, 3.8) is 0 Å². The van der Waals surface area contributed by atoms with E-state index in [-0.39, 0.29) is 28.7 Å². The number of aliphatic carboxylic acids is 1. The number of nitrogens with one attached hydrogen (secondary N) is 2. The Bertz CT molecular complexity index is 986. The molecular weight excluding hydrogens is 436 g/mol. The van der Waals surface area contributed by atoms with Crippen molar-refractivity contribution in [3.8, 4) is 0 Å². The molecule has 0 saturated carbocycles. The van der Waals surface area contributed by atoms with Gasteiger partial charge in [0.25, 0.3) is 0 Å². The topological polar surface area (TPSA) is 212 Å². The van der Waals surface area contributed by atoms with Crippen LogP contribution < -0.4 is 10.6 Å². The zero-order valence-electron chi connectivity index (χ0n) is 16.5. The summed E-state index contributed by atoms with van der Waals surface area (Å²) in [4.78, 5) is 36.0. The number of ether oxygens (including phenoxy) is 1. The van der Waals surface area contributed by atoms with Crippen LogP contribution in [0.1, 0.15) is 6.92 Å². The van der Waals surface area contributed by atoms with E-state index in [2.05, 4.69) is 25.6 Å². The molecule has 1 saturated heterocycles. The number of carboxylic acid groups (broad SMARTS) is 1. The Labute approximate surface area is 179 Å². The van der Waals surface area contributed by atoms with Crippen molar-refractivity contribution in [2.24, 2.45) is 0 Å². The van der Waals surface area contributed by atoms with Crippen LogP contribution >= 0.6 is 11.8 Å². The maximum Gasteiger partial charge on any atom is 0.328 e. The Morgan fingerprint density at radius 1 is 1.45 bits per heavy atom. The number of thioether (sulfide) groups is 1. The molecule has 0 unspecified atom stereocenters. The van der Waals surface area contributed by atoms with Gasteiger partial charge in [0.2, 0.25) is 0 Å². The number of amides is 2. The van der Waals surface area contributed by atoms with Gasteiger partial charge < -0.3 is 35.6 Å². The number of carboxylic acids is 1. The van der Waals surface area contributed by atoms with Crippen LogP contribution in [-0.4, -0.2) is 101 Å². The van der Waals surface area contributed by atoms with E-state index in [0.717, 1.165) is 16.3 Å². The molecule has 2 amide bonds. The highest BCUT2D eigenvalue weighted by Gasteiger charge is 2.50.